The predicted molar refractivity (Wildman–Crippen MR) is 129 cm³/mol. The number of esters is 1. The monoisotopic (exact) mass is 458 g/mol. The van der Waals surface area contributed by atoms with Crippen molar-refractivity contribution in [2.75, 3.05) is 7.11 Å². The molecule has 3 atom stereocenters. The second-order valence-corrected chi connectivity index (χ2v) is 9.50. The molecule has 6 nitrogen and oxygen atoms in total. The van der Waals surface area contributed by atoms with Crippen LogP contribution in [-0.4, -0.2) is 35.7 Å². The van der Waals surface area contributed by atoms with Gasteiger partial charge in [0, 0.05) is 41.7 Å². The van der Waals surface area contributed by atoms with Crippen molar-refractivity contribution in [3.8, 4) is 5.75 Å². The molecule has 2 aliphatic carbocycles. The van der Waals surface area contributed by atoms with Crippen molar-refractivity contribution in [3.05, 3.63) is 71.2 Å². The Morgan fingerprint density at radius 2 is 1.79 bits per heavy atom. The van der Waals surface area contributed by atoms with Gasteiger partial charge in [0.1, 0.15) is 17.8 Å². The molecule has 5 rings (SSSR count). The van der Waals surface area contributed by atoms with Crippen LogP contribution in [0.25, 0.3) is 0 Å². The number of allylic oxidation sites excluding steroid dienone is 2. The van der Waals surface area contributed by atoms with Crippen molar-refractivity contribution in [2.45, 2.75) is 63.4 Å². The lowest BCUT2D eigenvalue weighted by Crippen LogP contribution is -2.39. The second kappa shape index (κ2) is 9.53. The molecule has 1 aromatic heterocycles. The summed E-state index contributed by atoms with van der Waals surface area (Å²) in [5, 5.41) is 0. The lowest BCUT2D eigenvalue weighted by molar-refractivity contribution is -0.151. The lowest BCUT2D eigenvalue weighted by atomic mass is 9.69. The third kappa shape index (κ3) is 4.29. The molecule has 1 aliphatic heterocycles. The Hall–Kier alpha value is -3.28. The average Bonchev–Trinajstić information content (AvgIpc) is 3.36. The summed E-state index contributed by atoms with van der Waals surface area (Å²) < 4.78 is 11.2. The summed E-state index contributed by atoms with van der Waals surface area (Å²) in [6.45, 7) is 1.88. The number of rotatable bonds is 5. The Morgan fingerprint density at radius 3 is 2.47 bits per heavy atom. The van der Waals surface area contributed by atoms with Crippen molar-refractivity contribution in [2.24, 2.45) is 10.9 Å². The molecule has 34 heavy (non-hydrogen) atoms. The zero-order valence-electron chi connectivity index (χ0n) is 19.7. The summed E-state index contributed by atoms with van der Waals surface area (Å²) in [5.74, 6) is -0.420. The van der Waals surface area contributed by atoms with Crippen LogP contribution in [0.5, 0.6) is 5.75 Å². The number of pyridine rings is 1. The number of ether oxygens (including phenoxy) is 2. The molecular formula is C28H30N2O4. The van der Waals surface area contributed by atoms with Gasteiger partial charge in [-0.1, -0.05) is 18.2 Å². The van der Waals surface area contributed by atoms with Crippen molar-refractivity contribution >= 4 is 17.5 Å². The van der Waals surface area contributed by atoms with Gasteiger partial charge in [-0.15, -0.1) is 0 Å². The molecule has 1 saturated carbocycles. The summed E-state index contributed by atoms with van der Waals surface area (Å²) in [4.78, 5) is 36.2. The van der Waals surface area contributed by atoms with Gasteiger partial charge < -0.3 is 9.47 Å². The molecule has 3 aliphatic rings. The maximum absolute atomic E-state index is 13.6. The van der Waals surface area contributed by atoms with Crippen molar-refractivity contribution in [3.63, 3.8) is 0 Å². The number of aromatic nitrogens is 1. The summed E-state index contributed by atoms with van der Waals surface area (Å²) in [6, 6.07) is 11.7. The SMILES string of the molecule is COc1ccc(C2CC(=O)C3=C(C2)N=C(C)C(C(=O)OC2CCCC2)C3c2cccnc2)cc1. The van der Waals surface area contributed by atoms with E-state index in [0.717, 1.165) is 48.3 Å². The van der Waals surface area contributed by atoms with Crippen LogP contribution < -0.4 is 4.74 Å². The first-order valence-corrected chi connectivity index (χ1v) is 12.1. The van der Waals surface area contributed by atoms with Crippen LogP contribution in [0.2, 0.25) is 0 Å². The molecule has 0 amide bonds. The van der Waals surface area contributed by atoms with Crippen molar-refractivity contribution < 1.29 is 19.1 Å². The molecule has 0 spiro atoms. The maximum Gasteiger partial charge on any atom is 0.315 e. The fraction of sp³-hybridized carbons (Fsp3) is 0.429. The quantitative estimate of drug-likeness (QED) is 0.579. The van der Waals surface area contributed by atoms with Gasteiger partial charge in [-0.25, -0.2) is 0 Å². The molecule has 0 saturated heterocycles. The normalized spacial score (nSPS) is 25.1. The van der Waals surface area contributed by atoms with Gasteiger partial charge in [-0.3, -0.25) is 19.6 Å². The van der Waals surface area contributed by atoms with Crippen LogP contribution in [-0.2, 0) is 14.3 Å². The van der Waals surface area contributed by atoms with E-state index in [0.29, 0.717) is 24.1 Å². The number of Topliss-reactive ketones (excluding diaryl/α,β-unsaturated/α-hetero) is 1. The summed E-state index contributed by atoms with van der Waals surface area (Å²) >= 11 is 0. The predicted octanol–water partition coefficient (Wildman–Crippen LogP) is 5.15. The maximum atomic E-state index is 13.6. The van der Waals surface area contributed by atoms with Crippen molar-refractivity contribution in [1.29, 1.82) is 0 Å². The highest BCUT2D eigenvalue weighted by atomic mass is 16.5. The number of aliphatic imine (C=N–C) groups is 1. The van der Waals surface area contributed by atoms with E-state index >= 15 is 0 Å². The number of carbonyl (C=O) groups is 2. The van der Waals surface area contributed by atoms with E-state index in [1.54, 1.807) is 19.5 Å². The first-order chi connectivity index (χ1) is 16.5. The molecule has 2 aromatic rings. The minimum Gasteiger partial charge on any atom is -0.497 e. The van der Waals surface area contributed by atoms with Crippen LogP contribution in [0.15, 0.2) is 65.1 Å². The van der Waals surface area contributed by atoms with E-state index in [-0.39, 0.29) is 23.8 Å². The molecule has 2 heterocycles. The van der Waals surface area contributed by atoms with Crippen LogP contribution in [0.4, 0.5) is 0 Å². The van der Waals surface area contributed by atoms with E-state index in [2.05, 4.69) is 4.98 Å². The molecule has 1 fully saturated rings. The highest BCUT2D eigenvalue weighted by molar-refractivity contribution is 6.09. The zero-order chi connectivity index (χ0) is 23.7. The van der Waals surface area contributed by atoms with Gasteiger partial charge in [0.05, 0.1) is 7.11 Å². The Morgan fingerprint density at radius 1 is 1.03 bits per heavy atom. The fourth-order valence-electron chi connectivity index (χ4n) is 5.64. The third-order valence-electron chi connectivity index (χ3n) is 7.36. The summed E-state index contributed by atoms with van der Waals surface area (Å²) in [7, 11) is 1.64. The number of nitrogens with zero attached hydrogens (tertiary/aromatic N) is 2. The fourth-order valence-corrected chi connectivity index (χ4v) is 5.64. The summed E-state index contributed by atoms with van der Waals surface area (Å²) in [5.41, 5.74) is 4.09. The van der Waals surface area contributed by atoms with Gasteiger partial charge in [-0.2, -0.15) is 0 Å². The number of benzene rings is 1. The smallest absolute Gasteiger partial charge is 0.315 e. The van der Waals surface area contributed by atoms with Gasteiger partial charge in [0.2, 0.25) is 0 Å². The van der Waals surface area contributed by atoms with Crippen LogP contribution in [0.3, 0.4) is 0 Å². The van der Waals surface area contributed by atoms with Crippen LogP contribution >= 0.6 is 0 Å². The number of ketones is 1. The molecule has 0 bridgehead atoms. The lowest BCUT2D eigenvalue weighted by Gasteiger charge is -2.36. The molecule has 176 valence electrons. The largest absolute Gasteiger partial charge is 0.497 e. The first kappa shape index (κ1) is 22.5. The number of methoxy groups -OCH3 is 1. The number of hydrogen-bond acceptors (Lipinski definition) is 6. The molecule has 1 aromatic carbocycles. The number of hydrogen-bond donors (Lipinski definition) is 0. The minimum absolute atomic E-state index is 0.0354. The first-order valence-electron chi connectivity index (χ1n) is 12.1. The Balaban J connectivity index is 1.50. The Labute approximate surface area is 200 Å². The van der Waals surface area contributed by atoms with Crippen molar-refractivity contribution in [1.82, 2.24) is 4.98 Å². The highest BCUT2D eigenvalue weighted by Crippen LogP contribution is 2.47. The number of carbonyl (C=O) groups excluding carboxylic acids is 2. The van der Waals surface area contributed by atoms with E-state index in [4.69, 9.17) is 14.5 Å². The molecule has 0 N–H and O–H groups in total. The molecular weight excluding hydrogens is 428 g/mol. The standard InChI is InChI=1S/C28H30N2O4/c1-17-25(28(32)34-22-7-3-4-8-22)26(19-6-5-13-29-16-19)27-23(30-17)14-20(15-24(27)31)18-9-11-21(33-2)12-10-18/h5-6,9-13,16,20,22,25-26H,3-4,7-8,14-15H2,1-2H3. The van der Waals surface area contributed by atoms with E-state index in [9.17, 15) is 9.59 Å². The van der Waals surface area contributed by atoms with E-state index < -0.39 is 11.8 Å². The van der Waals surface area contributed by atoms with Crippen LogP contribution in [0.1, 0.15) is 68.4 Å². The van der Waals surface area contributed by atoms with Gasteiger partial charge >= 0.3 is 5.97 Å². The average molecular weight is 459 g/mol. The van der Waals surface area contributed by atoms with Gasteiger partial charge in [0.25, 0.3) is 0 Å². The minimum atomic E-state index is -0.606. The third-order valence-corrected chi connectivity index (χ3v) is 7.36. The highest BCUT2D eigenvalue weighted by Gasteiger charge is 2.45. The molecule has 0 radical (unpaired) electrons. The summed E-state index contributed by atoms with van der Waals surface area (Å²) in [6.07, 6.45) is 8.46. The van der Waals surface area contributed by atoms with Gasteiger partial charge in [0.15, 0.2) is 5.78 Å². The van der Waals surface area contributed by atoms with E-state index in [1.165, 1.54) is 0 Å². The molecule has 3 unspecified atom stereocenters. The second-order valence-electron chi connectivity index (χ2n) is 9.50. The van der Waals surface area contributed by atoms with Gasteiger partial charge in [-0.05, 0) is 74.3 Å². The topological polar surface area (TPSA) is 77.8 Å². The zero-order valence-corrected chi connectivity index (χ0v) is 19.7. The van der Waals surface area contributed by atoms with Crippen LogP contribution in [0, 0.1) is 5.92 Å². The van der Waals surface area contributed by atoms with E-state index in [1.807, 2.05) is 43.3 Å². The Bertz CT molecular complexity index is 1130. The molecule has 6 heteroatoms. The Kier molecular flexibility index (Phi) is 6.31.